The highest BCUT2D eigenvalue weighted by molar-refractivity contribution is 9.08. The van der Waals surface area contributed by atoms with Gasteiger partial charge < -0.3 is 4.90 Å². The first-order valence-electron chi connectivity index (χ1n) is 7.14. The Morgan fingerprint density at radius 2 is 1.84 bits per heavy atom. The molecular formula is C16H25BrFN. The molecule has 108 valence electrons. The molecule has 1 rings (SSSR count). The lowest BCUT2D eigenvalue weighted by atomic mass is 10.0. The first kappa shape index (κ1) is 16.5. The highest BCUT2D eigenvalue weighted by Crippen LogP contribution is 2.28. The molecule has 0 saturated carbocycles. The van der Waals surface area contributed by atoms with Crippen molar-refractivity contribution in [2.45, 2.75) is 51.9 Å². The van der Waals surface area contributed by atoms with Crippen molar-refractivity contribution in [3.8, 4) is 0 Å². The van der Waals surface area contributed by atoms with Crippen LogP contribution in [0.1, 0.15) is 46.1 Å². The zero-order chi connectivity index (χ0) is 14.4. The van der Waals surface area contributed by atoms with E-state index in [9.17, 15) is 4.39 Å². The fourth-order valence-electron chi connectivity index (χ4n) is 2.51. The summed E-state index contributed by atoms with van der Waals surface area (Å²) in [6.45, 7) is 9.91. The van der Waals surface area contributed by atoms with Crippen molar-refractivity contribution in [1.29, 1.82) is 0 Å². The summed E-state index contributed by atoms with van der Waals surface area (Å²) in [6.07, 6.45) is 2.23. The fraction of sp³-hybridized carbons (Fsp3) is 0.625. The van der Waals surface area contributed by atoms with E-state index in [1.165, 1.54) is 5.69 Å². The topological polar surface area (TPSA) is 3.24 Å². The molecule has 0 aromatic heterocycles. The van der Waals surface area contributed by atoms with Crippen LogP contribution < -0.4 is 4.90 Å². The van der Waals surface area contributed by atoms with E-state index < -0.39 is 0 Å². The van der Waals surface area contributed by atoms with Gasteiger partial charge in [0, 0.05) is 23.6 Å². The van der Waals surface area contributed by atoms with Gasteiger partial charge in [0.2, 0.25) is 0 Å². The standard InChI is InChI=1S/C16H25BrFN/c1-5-15(6-2)19(11-12(3)4)16-8-7-14(18)9-13(16)10-17/h7-9,12,15H,5-6,10-11H2,1-4H3. The molecule has 0 amide bonds. The molecule has 3 heteroatoms. The summed E-state index contributed by atoms with van der Waals surface area (Å²) in [7, 11) is 0. The van der Waals surface area contributed by atoms with Crippen LogP contribution in [0.2, 0.25) is 0 Å². The Morgan fingerprint density at radius 1 is 1.21 bits per heavy atom. The van der Waals surface area contributed by atoms with Crippen molar-refractivity contribution in [2.75, 3.05) is 11.4 Å². The molecular weight excluding hydrogens is 305 g/mol. The maximum atomic E-state index is 13.4. The van der Waals surface area contributed by atoms with Crippen molar-refractivity contribution >= 4 is 21.6 Å². The Bertz CT molecular complexity index is 388. The summed E-state index contributed by atoms with van der Waals surface area (Å²) >= 11 is 3.48. The zero-order valence-electron chi connectivity index (χ0n) is 12.4. The second-order valence-corrected chi connectivity index (χ2v) is 5.98. The largest absolute Gasteiger partial charge is 0.368 e. The second kappa shape index (κ2) is 7.88. The molecule has 1 aromatic rings. The van der Waals surface area contributed by atoms with Crippen LogP contribution in [-0.4, -0.2) is 12.6 Å². The van der Waals surface area contributed by atoms with E-state index in [0.717, 1.165) is 24.9 Å². The SMILES string of the molecule is CCC(CC)N(CC(C)C)c1ccc(F)cc1CBr. The number of halogens is 2. The van der Waals surface area contributed by atoms with Crippen LogP contribution in [-0.2, 0) is 5.33 Å². The average molecular weight is 330 g/mol. The number of hydrogen-bond donors (Lipinski definition) is 0. The number of benzene rings is 1. The molecule has 0 aliphatic carbocycles. The lowest BCUT2D eigenvalue weighted by Gasteiger charge is -2.35. The maximum Gasteiger partial charge on any atom is 0.123 e. The minimum Gasteiger partial charge on any atom is -0.368 e. The van der Waals surface area contributed by atoms with Gasteiger partial charge in [-0.15, -0.1) is 0 Å². The summed E-state index contributed by atoms with van der Waals surface area (Å²) in [5.41, 5.74) is 2.20. The first-order valence-corrected chi connectivity index (χ1v) is 8.26. The molecule has 0 unspecified atom stereocenters. The van der Waals surface area contributed by atoms with Gasteiger partial charge in [-0.1, -0.05) is 43.6 Å². The van der Waals surface area contributed by atoms with Crippen LogP contribution in [0.15, 0.2) is 18.2 Å². The Hall–Kier alpha value is -0.570. The normalized spacial score (nSPS) is 11.4. The molecule has 0 atom stereocenters. The van der Waals surface area contributed by atoms with Gasteiger partial charge in [0.25, 0.3) is 0 Å². The smallest absolute Gasteiger partial charge is 0.123 e. The lowest BCUT2D eigenvalue weighted by Crippen LogP contribution is -2.38. The second-order valence-electron chi connectivity index (χ2n) is 5.42. The van der Waals surface area contributed by atoms with Gasteiger partial charge in [-0.05, 0) is 42.5 Å². The molecule has 0 fully saturated rings. The summed E-state index contributed by atoms with van der Waals surface area (Å²) in [6, 6.07) is 5.65. The molecule has 0 radical (unpaired) electrons. The number of nitrogens with zero attached hydrogens (tertiary/aromatic N) is 1. The molecule has 19 heavy (non-hydrogen) atoms. The van der Waals surface area contributed by atoms with Gasteiger partial charge in [0.15, 0.2) is 0 Å². The fourth-order valence-corrected chi connectivity index (χ4v) is 2.96. The van der Waals surface area contributed by atoms with E-state index in [1.807, 2.05) is 6.07 Å². The predicted octanol–water partition coefficient (Wildman–Crippen LogP) is 5.37. The van der Waals surface area contributed by atoms with E-state index in [1.54, 1.807) is 12.1 Å². The van der Waals surface area contributed by atoms with Gasteiger partial charge in [-0.25, -0.2) is 4.39 Å². The van der Waals surface area contributed by atoms with E-state index in [4.69, 9.17) is 0 Å². The summed E-state index contributed by atoms with van der Waals surface area (Å²) in [5, 5.41) is 0.689. The maximum absolute atomic E-state index is 13.4. The van der Waals surface area contributed by atoms with Crippen LogP contribution in [0.25, 0.3) is 0 Å². The van der Waals surface area contributed by atoms with Crippen molar-refractivity contribution in [3.63, 3.8) is 0 Å². The Balaban J connectivity index is 3.15. The van der Waals surface area contributed by atoms with Crippen LogP contribution in [0.4, 0.5) is 10.1 Å². The van der Waals surface area contributed by atoms with E-state index in [-0.39, 0.29) is 5.82 Å². The highest BCUT2D eigenvalue weighted by atomic mass is 79.9. The van der Waals surface area contributed by atoms with Gasteiger partial charge in [-0.3, -0.25) is 0 Å². The van der Waals surface area contributed by atoms with Gasteiger partial charge in [0.1, 0.15) is 5.82 Å². The minimum absolute atomic E-state index is 0.160. The molecule has 0 heterocycles. The molecule has 1 aromatic carbocycles. The Morgan fingerprint density at radius 3 is 2.32 bits per heavy atom. The van der Waals surface area contributed by atoms with Crippen molar-refractivity contribution in [1.82, 2.24) is 0 Å². The molecule has 0 aliphatic rings. The van der Waals surface area contributed by atoms with Crippen LogP contribution >= 0.6 is 15.9 Å². The number of alkyl halides is 1. The van der Waals surface area contributed by atoms with E-state index >= 15 is 0 Å². The quantitative estimate of drug-likeness (QED) is 0.607. The minimum atomic E-state index is -0.160. The first-order chi connectivity index (χ1) is 9.03. The average Bonchev–Trinajstić information content (AvgIpc) is 2.38. The van der Waals surface area contributed by atoms with E-state index in [2.05, 4.69) is 48.5 Å². The molecule has 0 bridgehead atoms. The number of rotatable bonds is 7. The third-order valence-electron chi connectivity index (χ3n) is 3.44. The van der Waals surface area contributed by atoms with Gasteiger partial charge in [-0.2, -0.15) is 0 Å². The predicted molar refractivity (Wildman–Crippen MR) is 85.6 cm³/mol. The molecule has 0 N–H and O–H groups in total. The zero-order valence-corrected chi connectivity index (χ0v) is 14.0. The third kappa shape index (κ3) is 4.48. The van der Waals surface area contributed by atoms with Crippen LogP contribution in [0.5, 0.6) is 0 Å². The third-order valence-corrected chi connectivity index (χ3v) is 4.04. The molecule has 0 saturated heterocycles. The summed E-state index contributed by atoms with van der Waals surface area (Å²) in [4.78, 5) is 2.45. The summed E-state index contributed by atoms with van der Waals surface area (Å²) in [5.74, 6) is 0.432. The molecule has 0 spiro atoms. The Labute approximate surface area is 125 Å². The lowest BCUT2D eigenvalue weighted by molar-refractivity contribution is 0.506. The monoisotopic (exact) mass is 329 g/mol. The number of anilines is 1. The summed E-state index contributed by atoms with van der Waals surface area (Å²) < 4.78 is 13.4. The molecule has 1 nitrogen and oxygen atoms in total. The van der Waals surface area contributed by atoms with Gasteiger partial charge >= 0.3 is 0 Å². The van der Waals surface area contributed by atoms with Crippen LogP contribution in [0, 0.1) is 11.7 Å². The highest BCUT2D eigenvalue weighted by Gasteiger charge is 2.19. The van der Waals surface area contributed by atoms with Crippen molar-refractivity contribution < 1.29 is 4.39 Å². The van der Waals surface area contributed by atoms with Crippen molar-refractivity contribution in [2.24, 2.45) is 5.92 Å². The van der Waals surface area contributed by atoms with Crippen molar-refractivity contribution in [3.05, 3.63) is 29.6 Å². The van der Waals surface area contributed by atoms with Crippen LogP contribution in [0.3, 0.4) is 0 Å². The van der Waals surface area contributed by atoms with E-state index in [0.29, 0.717) is 17.3 Å². The van der Waals surface area contributed by atoms with Gasteiger partial charge in [0.05, 0.1) is 0 Å². The number of hydrogen-bond acceptors (Lipinski definition) is 1. The molecule has 0 aliphatic heterocycles. The Kier molecular flexibility index (Phi) is 6.84.